The summed E-state index contributed by atoms with van der Waals surface area (Å²) in [6, 6.07) is 11.9. The number of aliphatic carboxylic acids is 1. The average Bonchev–Trinajstić information content (AvgIpc) is 2.54. The lowest BCUT2D eigenvalue weighted by molar-refractivity contribution is -0.142. The van der Waals surface area contributed by atoms with Crippen molar-refractivity contribution in [3.8, 4) is 0 Å². The van der Waals surface area contributed by atoms with Crippen LogP contribution in [-0.4, -0.2) is 23.0 Å². The normalized spacial score (nSPS) is 12.4. The maximum Gasteiger partial charge on any atom is 0.416 e. The highest BCUT2D eigenvalue weighted by Gasteiger charge is 2.34. The van der Waals surface area contributed by atoms with E-state index >= 15 is 0 Å². The second-order valence-corrected chi connectivity index (χ2v) is 5.48. The van der Waals surface area contributed by atoms with E-state index in [1.54, 1.807) is 30.3 Å². The van der Waals surface area contributed by atoms with Crippen molar-refractivity contribution in [2.24, 2.45) is 0 Å². The zero-order valence-corrected chi connectivity index (χ0v) is 13.1. The van der Waals surface area contributed by atoms with Gasteiger partial charge in [-0.25, -0.2) is 4.79 Å². The number of hydrogen-bond donors (Lipinski definition) is 2. The van der Waals surface area contributed by atoms with Gasteiger partial charge in [0, 0.05) is 6.42 Å². The number of halogens is 3. The number of carbonyl (C=O) groups excluding carboxylic acids is 1. The molecule has 1 amide bonds. The molecule has 4 nitrogen and oxygen atoms in total. The molecule has 0 unspecified atom stereocenters. The van der Waals surface area contributed by atoms with E-state index < -0.39 is 36.1 Å². The van der Waals surface area contributed by atoms with E-state index in [4.69, 9.17) is 0 Å². The van der Waals surface area contributed by atoms with Gasteiger partial charge in [0.15, 0.2) is 0 Å². The molecule has 0 saturated carbocycles. The van der Waals surface area contributed by atoms with Gasteiger partial charge in [-0.15, -0.1) is 0 Å². The second kappa shape index (κ2) is 7.83. The lowest BCUT2D eigenvalue weighted by Crippen LogP contribution is -2.43. The van der Waals surface area contributed by atoms with Crippen molar-refractivity contribution in [2.45, 2.75) is 25.1 Å². The van der Waals surface area contributed by atoms with E-state index in [1.807, 2.05) is 0 Å². The van der Waals surface area contributed by atoms with E-state index in [2.05, 4.69) is 5.32 Å². The van der Waals surface area contributed by atoms with Crippen LogP contribution >= 0.6 is 0 Å². The summed E-state index contributed by atoms with van der Waals surface area (Å²) in [6.07, 6.45) is -5.09. The third kappa shape index (κ3) is 5.34. The minimum absolute atomic E-state index is 0.0501. The van der Waals surface area contributed by atoms with Crippen LogP contribution in [0.15, 0.2) is 54.6 Å². The van der Waals surface area contributed by atoms with Crippen molar-refractivity contribution in [2.75, 3.05) is 0 Å². The first-order valence-corrected chi connectivity index (χ1v) is 7.48. The predicted molar refractivity (Wildman–Crippen MR) is 84.9 cm³/mol. The summed E-state index contributed by atoms with van der Waals surface area (Å²) in [4.78, 5) is 23.4. The van der Waals surface area contributed by atoms with Crippen LogP contribution in [0.4, 0.5) is 13.2 Å². The van der Waals surface area contributed by atoms with Crippen LogP contribution in [0.5, 0.6) is 0 Å². The zero-order valence-electron chi connectivity index (χ0n) is 13.1. The van der Waals surface area contributed by atoms with Crippen molar-refractivity contribution in [1.82, 2.24) is 5.32 Å². The lowest BCUT2D eigenvalue weighted by atomic mass is 9.99. The standard InChI is InChI=1S/C18H16F3NO3/c19-18(20,21)14-9-5-4-8-13(14)11-15(17(24)25)22-16(23)10-12-6-2-1-3-7-12/h1-9,15H,10-11H2,(H,22,23)(H,24,25)/t15-/m0/s1. The van der Waals surface area contributed by atoms with Crippen molar-refractivity contribution >= 4 is 11.9 Å². The number of benzene rings is 2. The molecule has 0 heterocycles. The van der Waals surface area contributed by atoms with Gasteiger partial charge < -0.3 is 10.4 Å². The van der Waals surface area contributed by atoms with E-state index in [1.165, 1.54) is 18.2 Å². The topological polar surface area (TPSA) is 66.4 Å². The number of hydrogen-bond acceptors (Lipinski definition) is 2. The molecular weight excluding hydrogens is 335 g/mol. The van der Waals surface area contributed by atoms with Gasteiger partial charge in [-0.1, -0.05) is 48.5 Å². The van der Waals surface area contributed by atoms with E-state index in [-0.39, 0.29) is 12.0 Å². The van der Waals surface area contributed by atoms with Gasteiger partial charge >= 0.3 is 12.1 Å². The van der Waals surface area contributed by atoms with Crippen LogP contribution in [0.25, 0.3) is 0 Å². The van der Waals surface area contributed by atoms with E-state index in [9.17, 15) is 27.9 Å². The Hall–Kier alpha value is -2.83. The quantitative estimate of drug-likeness (QED) is 0.841. The summed E-state index contributed by atoms with van der Waals surface area (Å²) in [5.41, 5.74) is -0.402. The molecule has 0 bridgehead atoms. The fraction of sp³-hybridized carbons (Fsp3) is 0.222. The molecule has 0 radical (unpaired) electrons. The van der Waals surface area contributed by atoms with Crippen LogP contribution in [0.2, 0.25) is 0 Å². The van der Waals surface area contributed by atoms with Gasteiger partial charge in [-0.05, 0) is 17.2 Å². The Labute approximate surface area is 142 Å². The molecule has 0 spiro atoms. The monoisotopic (exact) mass is 351 g/mol. The Morgan fingerprint density at radius 2 is 1.60 bits per heavy atom. The number of amides is 1. The molecule has 2 aromatic rings. The van der Waals surface area contributed by atoms with Crippen LogP contribution in [0.1, 0.15) is 16.7 Å². The number of carboxylic acid groups (broad SMARTS) is 1. The molecule has 0 aliphatic heterocycles. The third-order valence-corrected chi connectivity index (χ3v) is 3.59. The maximum atomic E-state index is 13.0. The number of alkyl halides is 3. The lowest BCUT2D eigenvalue weighted by Gasteiger charge is -2.18. The van der Waals surface area contributed by atoms with E-state index in [0.717, 1.165) is 6.07 Å². The second-order valence-electron chi connectivity index (χ2n) is 5.48. The molecule has 2 aromatic carbocycles. The minimum Gasteiger partial charge on any atom is -0.480 e. The fourth-order valence-corrected chi connectivity index (χ4v) is 2.42. The number of nitrogens with one attached hydrogen (secondary N) is 1. The number of carboxylic acids is 1. The summed E-state index contributed by atoms with van der Waals surface area (Å²) in [6.45, 7) is 0. The molecule has 2 rings (SSSR count). The van der Waals surface area contributed by atoms with Crippen molar-refractivity contribution in [3.63, 3.8) is 0 Å². The Balaban J connectivity index is 2.12. The Morgan fingerprint density at radius 3 is 2.20 bits per heavy atom. The smallest absolute Gasteiger partial charge is 0.416 e. The average molecular weight is 351 g/mol. The Bertz CT molecular complexity index is 745. The number of rotatable bonds is 6. The molecular formula is C18H16F3NO3. The summed E-state index contributed by atoms with van der Waals surface area (Å²) >= 11 is 0. The van der Waals surface area contributed by atoms with Gasteiger partial charge in [0.2, 0.25) is 5.91 Å². The molecule has 0 aliphatic carbocycles. The van der Waals surface area contributed by atoms with Crippen molar-refractivity contribution in [1.29, 1.82) is 0 Å². The number of carbonyl (C=O) groups is 2. The highest BCUT2D eigenvalue weighted by atomic mass is 19.4. The van der Waals surface area contributed by atoms with Crippen LogP contribution in [-0.2, 0) is 28.6 Å². The predicted octanol–water partition coefficient (Wildman–Crippen LogP) is 3.06. The minimum atomic E-state index is -4.59. The van der Waals surface area contributed by atoms with Gasteiger partial charge in [-0.3, -0.25) is 4.79 Å². The molecule has 0 saturated heterocycles. The molecule has 132 valence electrons. The van der Waals surface area contributed by atoms with Crippen LogP contribution in [0.3, 0.4) is 0 Å². The highest BCUT2D eigenvalue weighted by molar-refractivity contribution is 5.85. The largest absolute Gasteiger partial charge is 0.480 e. The van der Waals surface area contributed by atoms with Crippen molar-refractivity contribution < 1.29 is 27.9 Å². The molecule has 25 heavy (non-hydrogen) atoms. The summed E-state index contributed by atoms with van der Waals surface area (Å²) in [7, 11) is 0. The molecule has 0 fully saturated rings. The summed E-state index contributed by atoms with van der Waals surface area (Å²) in [5, 5.41) is 11.5. The highest BCUT2D eigenvalue weighted by Crippen LogP contribution is 2.32. The van der Waals surface area contributed by atoms with Gasteiger partial charge in [0.05, 0.1) is 12.0 Å². The first kappa shape index (κ1) is 18.5. The maximum absolute atomic E-state index is 13.0. The molecule has 0 aromatic heterocycles. The van der Waals surface area contributed by atoms with Crippen molar-refractivity contribution in [3.05, 3.63) is 71.3 Å². The molecule has 0 aliphatic rings. The van der Waals surface area contributed by atoms with Gasteiger partial charge in [0.1, 0.15) is 6.04 Å². The Morgan fingerprint density at radius 1 is 1.00 bits per heavy atom. The third-order valence-electron chi connectivity index (χ3n) is 3.59. The molecule has 1 atom stereocenters. The molecule has 7 heteroatoms. The summed E-state index contributed by atoms with van der Waals surface area (Å²) in [5.74, 6) is -1.96. The first-order valence-electron chi connectivity index (χ1n) is 7.48. The first-order chi connectivity index (χ1) is 11.8. The van der Waals surface area contributed by atoms with Gasteiger partial charge in [0.25, 0.3) is 0 Å². The SMILES string of the molecule is O=C(Cc1ccccc1)N[C@@H](Cc1ccccc1C(F)(F)F)C(=O)O. The zero-order chi connectivity index (χ0) is 18.4. The summed E-state index contributed by atoms with van der Waals surface area (Å²) < 4.78 is 39.0. The fourth-order valence-electron chi connectivity index (χ4n) is 2.42. The van der Waals surface area contributed by atoms with Crippen LogP contribution < -0.4 is 5.32 Å². The Kier molecular flexibility index (Phi) is 5.80. The van der Waals surface area contributed by atoms with Crippen LogP contribution in [0, 0.1) is 0 Å². The molecule has 2 N–H and O–H groups in total. The van der Waals surface area contributed by atoms with E-state index in [0.29, 0.717) is 5.56 Å². The van der Waals surface area contributed by atoms with Gasteiger partial charge in [-0.2, -0.15) is 13.2 Å².